The molecule has 0 fully saturated rings. The lowest BCUT2D eigenvalue weighted by atomic mass is 10.2. The smallest absolute Gasteiger partial charge is 0.161 e. The van der Waals surface area contributed by atoms with Crippen molar-refractivity contribution in [2.24, 2.45) is 0 Å². The zero-order valence-corrected chi connectivity index (χ0v) is 9.99. The minimum Gasteiger partial charge on any atom is -0.493 e. The second kappa shape index (κ2) is 7.12. The molecular formula is C13H19O3. The summed E-state index contributed by atoms with van der Waals surface area (Å²) in [5.41, 5.74) is 1.08. The molecule has 89 valence electrons. The molecule has 0 N–H and O–H groups in total. The standard InChI is InChI=1S/C13H19O3/c1-4-5-8-16-10-11-6-7-12(14-2)13(9-11)15-3/h6-7,9H,1,4-5,8,10H2,2-3H3. The van der Waals surface area contributed by atoms with Crippen molar-refractivity contribution in [1.82, 2.24) is 0 Å². The lowest BCUT2D eigenvalue weighted by Crippen LogP contribution is -1.97. The molecule has 1 aromatic carbocycles. The highest BCUT2D eigenvalue weighted by atomic mass is 16.5. The highest BCUT2D eigenvalue weighted by molar-refractivity contribution is 5.42. The molecule has 0 spiro atoms. The zero-order valence-electron chi connectivity index (χ0n) is 9.99. The summed E-state index contributed by atoms with van der Waals surface area (Å²) in [5.74, 6) is 1.48. The van der Waals surface area contributed by atoms with E-state index in [1.165, 1.54) is 0 Å². The maximum atomic E-state index is 5.50. The van der Waals surface area contributed by atoms with Crippen molar-refractivity contribution >= 4 is 0 Å². The number of unbranched alkanes of at least 4 members (excludes halogenated alkanes) is 1. The molecule has 16 heavy (non-hydrogen) atoms. The van der Waals surface area contributed by atoms with Gasteiger partial charge in [-0.3, -0.25) is 0 Å². The molecule has 0 aliphatic carbocycles. The van der Waals surface area contributed by atoms with Crippen LogP contribution in [0.15, 0.2) is 18.2 Å². The van der Waals surface area contributed by atoms with Gasteiger partial charge in [-0.15, -0.1) is 0 Å². The Labute approximate surface area is 97.3 Å². The number of methoxy groups -OCH3 is 2. The van der Waals surface area contributed by atoms with Gasteiger partial charge in [0.25, 0.3) is 0 Å². The zero-order chi connectivity index (χ0) is 11.8. The van der Waals surface area contributed by atoms with Gasteiger partial charge in [0, 0.05) is 6.61 Å². The largest absolute Gasteiger partial charge is 0.493 e. The van der Waals surface area contributed by atoms with Crippen LogP contribution in [-0.4, -0.2) is 20.8 Å². The van der Waals surface area contributed by atoms with E-state index in [9.17, 15) is 0 Å². The van der Waals surface area contributed by atoms with Crippen molar-refractivity contribution in [2.45, 2.75) is 19.4 Å². The van der Waals surface area contributed by atoms with Crippen molar-refractivity contribution in [3.8, 4) is 11.5 Å². The first kappa shape index (κ1) is 12.8. The SMILES string of the molecule is [CH2]CCCOCc1ccc(OC)c(OC)c1. The van der Waals surface area contributed by atoms with Gasteiger partial charge in [0.15, 0.2) is 11.5 Å². The Bertz CT molecular complexity index is 310. The summed E-state index contributed by atoms with van der Waals surface area (Å²) < 4.78 is 15.9. The van der Waals surface area contributed by atoms with Crippen molar-refractivity contribution in [3.05, 3.63) is 30.7 Å². The van der Waals surface area contributed by atoms with Gasteiger partial charge in [0.2, 0.25) is 0 Å². The molecule has 0 unspecified atom stereocenters. The lowest BCUT2D eigenvalue weighted by Gasteiger charge is -2.09. The van der Waals surface area contributed by atoms with E-state index in [1.807, 2.05) is 18.2 Å². The fourth-order valence-electron chi connectivity index (χ4n) is 1.36. The predicted molar refractivity (Wildman–Crippen MR) is 63.8 cm³/mol. The molecule has 1 radical (unpaired) electrons. The highest BCUT2D eigenvalue weighted by Crippen LogP contribution is 2.27. The topological polar surface area (TPSA) is 27.7 Å². The fourth-order valence-corrected chi connectivity index (χ4v) is 1.36. The van der Waals surface area contributed by atoms with Gasteiger partial charge in [-0.05, 0) is 24.1 Å². The maximum absolute atomic E-state index is 5.50. The highest BCUT2D eigenvalue weighted by Gasteiger charge is 2.04. The summed E-state index contributed by atoms with van der Waals surface area (Å²) in [6.45, 7) is 5.11. The summed E-state index contributed by atoms with van der Waals surface area (Å²) in [7, 11) is 3.26. The van der Waals surface area contributed by atoms with Gasteiger partial charge in [0.1, 0.15) is 0 Å². The first-order valence-corrected chi connectivity index (χ1v) is 5.39. The van der Waals surface area contributed by atoms with Crippen LogP contribution < -0.4 is 9.47 Å². The average molecular weight is 223 g/mol. The van der Waals surface area contributed by atoms with Crippen LogP contribution in [0.4, 0.5) is 0 Å². The van der Waals surface area contributed by atoms with Crippen LogP contribution in [0.2, 0.25) is 0 Å². The maximum Gasteiger partial charge on any atom is 0.161 e. The quantitative estimate of drug-likeness (QED) is 0.665. The first-order chi connectivity index (χ1) is 7.81. The molecule has 0 amide bonds. The minimum absolute atomic E-state index is 0.598. The van der Waals surface area contributed by atoms with Crippen LogP contribution in [0.3, 0.4) is 0 Å². The van der Waals surface area contributed by atoms with Crippen LogP contribution in [-0.2, 0) is 11.3 Å². The second-order valence-corrected chi connectivity index (χ2v) is 3.45. The predicted octanol–water partition coefficient (Wildman–Crippen LogP) is 2.83. The first-order valence-electron chi connectivity index (χ1n) is 5.39. The van der Waals surface area contributed by atoms with E-state index in [4.69, 9.17) is 14.2 Å². The summed E-state index contributed by atoms with van der Waals surface area (Å²) >= 11 is 0. The fraction of sp³-hybridized carbons (Fsp3) is 0.462. The number of hydrogen-bond donors (Lipinski definition) is 0. The van der Waals surface area contributed by atoms with E-state index in [0.29, 0.717) is 6.61 Å². The Morgan fingerprint density at radius 2 is 1.88 bits per heavy atom. The number of ether oxygens (including phenoxy) is 3. The third-order valence-electron chi connectivity index (χ3n) is 2.26. The van der Waals surface area contributed by atoms with Gasteiger partial charge >= 0.3 is 0 Å². The molecule has 0 heterocycles. The third-order valence-corrected chi connectivity index (χ3v) is 2.26. The van der Waals surface area contributed by atoms with E-state index in [-0.39, 0.29) is 0 Å². The van der Waals surface area contributed by atoms with Crippen molar-refractivity contribution in [2.75, 3.05) is 20.8 Å². The Kier molecular flexibility index (Phi) is 5.72. The van der Waals surface area contributed by atoms with E-state index < -0.39 is 0 Å². The molecule has 0 saturated heterocycles. The Balaban J connectivity index is 2.54. The van der Waals surface area contributed by atoms with Crippen LogP contribution in [0.25, 0.3) is 0 Å². The molecule has 3 nitrogen and oxygen atoms in total. The van der Waals surface area contributed by atoms with Crippen molar-refractivity contribution in [3.63, 3.8) is 0 Å². The molecular weight excluding hydrogens is 204 g/mol. The van der Waals surface area contributed by atoms with Gasteiger partial charge in [-0.1, -0.05) is 19.4 Å². The molecule has 3 heteroatoms. The monoisotopic (exact) mass is 223 g/mol. The molecule has 0 aliphatic rings. The van der Waals surface area contributed by atoms with Gasteiger partial charge in [-0.2, -0.15) is 0 Å². The van der Waals surface area contributed by atoms with E-state index >= 15 is 0 Å². The van der Waals surface area contributed by atoms with Gasteiger partial charge < -0.3 is 14.2 Å². The minimum atomic E-state index is 0.598. The van der Waals surface area contributed by atoms with Crippen LogP contribution in [0.5, 0.6) is 11.5 Å². The molecule has 0 aromatic heterocycles. The van der Waals surface area contributed by atoms with E-state index in [1.54, 1.807) is 14.2 Å². The summed E-state index contributed by atoms with van der Waals surface area (Å²) in [4.78, 5) is 0. The average Bonchev–Trinajstić information content (AvgIpc) is 2.34. The normalized spacial score (nSPS) is 10.2. The van der Waals surface area contributed by atoms with Crippen molar-refractivity contribution in [1.29, 1.82) is 0 Å². The van der Waals surface area contributed by atoms with Crippen molar-refractivity contribution < 1.29 is 14.2 Å². The molecule has 0 atom stereocenters. The van der Waals surface area contributed by atoms with Crippen LogP contribution >= 0.6 is 0 Å². The Morgan fingerprint density at radius 3 is 2.50 bits per heavy atom. The molecule has 0 bridgehead atoms. The van der Waals surface area contributed by atoms with E-state index in [0.717, 1.165) is 36.5 Å². The number of hydrogen-bond acceptors (Lipinski definition) is 3. The lowest BCUT2D eigenvalue weighted by molar-refractivity contribution is 0.119. The molecule has 0 aliphatic heterocycles. The molecule has 1 rings (SSSR count). The summed E-state index contributed by atoms with van der Waals surface area (Å²) in [6.07, 6.45) is 1.90. The Hall–Kier alpha value is -1.22. The number of rotatable bonds is 7. The molecule has 0 saturated carbocycles. The van der Waals surface area contributed by atoms with E-state index in [2.05, 4.69) is 6.92 Å². The van der Waals surface area contributed by atoms with Gasteiger partial charge in [0.05, 0.1) is 20.8 Å². The van der Waals surface area contributed by atoms with Crippen LogP contribution in [0, 0.1) is 6.92 Å². The second-order valence-electron chi connectivity index (χ2n) is 3.45. The summed E-state index contributed by atoms with van der Waals surface area (Å²) in [5, 5.41) is 0. The van der Waals surface area contributed by atoms with Crippen LogP contribution in [0.1, 0.15) is 18.4 Å². The number of benzene rings is 1. The summed E-state index contributed by atoms with van der Waals surface area (Å²) in [6, 6.07) is 5.80. The Morgan fingerprint density at radius 1 is 1.12 bits per heavy atom. The molecule has 1 aromatic rings. The van der Waals surface area contributed by atoms with Gasteiger partial charge in [-0.25, -0.2) is 0 Å². The third kappa shape index (κ3) is 3.74.